The fraction of sp³-hybridized carbons (Fsp3) is 0.222. The zero-order valence-electron chi connectivity index (χ0n) is 37.8. The predicted molar refractivity (Wildman–Crippen MR) is 259 cm³/mol. The number of rotatable bonds is 12. The minimum Gasteiger partial charge on any atom is -0.481 e. The van der Waals surface area contributed by atoms with Crippen molar-refractivity contribution in [2.24, 2.45) is 5.73 Å². The number of ether oxygens (including phenoxy) is 2. The lowest BCUT2D eigenvalue weighted by molar-refractivity contribution is -0.137. The van der Waals surface area contributed by atoms with Gasteiger partial charge in [-0.05, 0) is 85.3 Å². The van der Waals surface area contributed by atoms with Crippen LogP contribution in [0.3, 0.4) is 0 Å². The molecule has 0 heterocycles. The molecule has 2 atom stereocenters. The Morgan fingerprint density at radius 2 is 1.05 bits per heavy atom. The van der Waals surface area contributed by atoms with E-state index in [0.717, 1.165) is 44.1 Å². The molecule has 7 aromatic rings. The van der Waals surface area contributed by atoms with E-state index >= 15 is 0 Å². The zero-order chi connectivity index (χ0) is 46.4. The van der Waals surface area contributed by atoms with Gasteiger partial charge in [0.15, 0.2) is 12.2 Å². The maximum Gasteiger partial charge on any atom is 0.265 e. The molecule has 0 saturated carbocycles. The van der Waals surface area contributed by atoms with Gasteiger partial charge in [0.25, 0.3) is 11.8 Å². The highest BCUT2D eigenvalue weighted by Gasteiger charge is 2.24. The Balaban J connectivity index is 0.000000203. The molecule has 64 heavy (non-hydrogen) atoms. The molecule has 0 bridgehead atoms. The summed E-state index contributed by atoms with van der Waals surface area (Å²) in [4.78, 5) is 49.4. The smallest absolute Gasteiger partial charge is 0.265 e. The quantitative estimate of drug-likeness (QED) is 0.126. The standard InChI is InChI=1S/C19H17NO2.C17H21NO2.C16H17NO.C2H5NO/c1-14(19(21)20-17-9-3-2-4-10-17)22-18-12-11-15-7-5-6-8-16(15)13-18;1-4-18(5-2)17(19)13(3)20-16-12-8-10-14-9-6-7-11-15(14)16;1-17(2)16(18)15(13-9-5-3-6-10-13)14-11-7-4-8-12-14;1-2(3)4/h2-14H,1H3,(H,20,21);6-13H,4-5H2,1-3H3;3-12,15H,1-2H3;1H3,(H2,3,4). The summed E-state index contributed by atoms with van der Waals surface area (Å²) in [5.74, 6) is 0.864. The number of fused-ring (bicyclic) bond motifs is 2. The number of benzene rings is 7. The van der Waals surface area contributed by atoms with Crippen LogP contribution < -0.4 is 20.5 Å². The minimum atomic E-state index is -0.568. The van der Waals surface area contributed by atoms with Gasteiger partial charge in [0.05, 0.1) is 5.92 Å². The van der Waals surface area contributed by atoms with Gasteiger partial charge in [0.1, 0.15) is 11.5 Å². The van der Waals surface area contributed by atoms with Gasteiger partial charge in [0.2, 0.25) is 11.8 Å². The molecular weight excluding hydrogens is 801 g/mol. The van der Waals surface area contributed by atoms with Gasteiger partial charge >= 0.3 is 0 Å². The van der Waals surface area contributed by atoms with Crippen molar-refractivity contribution in [2.45, 2.75) is 52.7 Å². The summed E-state index contributed by atoms with van der Waals surface area (Å²) in [6.45, 7) is 10.2. The summed E-state index contributed by atoms with van der Waals surface area (Å²) >= 11 is 0. The first-order valence-corrected chi connectivity index (χ1v) is 21.3. The molecule has 332 valence electrons. The van der Waals surface area contributed by atoms with Crippen LogP contribution in [0.2, 0.25) is 0 Å². The molecule has 0 aliphatic rings. The average Bonchev–Trinajstić information content (AvgIpc) is 3.31. The van der Waals surface area contributed by atoms with E-state index in [1.807, 2.05) is 197 Å². The van der Waals surface area contributed by atoms with Gasteiger partial charge in [-0.15, -0.1) is 0 Å². The Morgan fingerprint density at radius 1 is 0.562 bits per heavy atom. The molecule has 0 spiro atoms. The number of para-hydroxylation sites is 1. The van der Waals surface area contributed by atoms with Gasteiger partial charge in [-0.2, -0.15) is 0 Å². The van der Waals surface area contributed by atoms with E-state index in [1.54, 1.807) is 30.8 Å². The molecular formula is C54H60N4O6. The van der Waals surface area contributed by atoms with Crippen molar-refractivity contribution in [3.63, 3.8) is 0 Å². The van der Waals surface area contributed by atoms with E-state index in [-0.39, 0.29) is 29.5 Å². The van der Waals surface area contributed by atoms with Gasteiger partial charge in [-0.3, -0.25) is 19.2 Å². The third-order valence-electron chi connectivity index (χ3n) is 9.87. The first-order chi connectivity index (χ1) is 30.8. The molecule has 0 fully saturated rings. The number of nitrogens with zero attached hydrogens (tertiary/aromatic N) is 2. The Kier molecular flexibility index (Phi) is 19.6. The molecule has 3 N–H and O–H groups in total. The Hall–Kier alpha value is -7.46. The van der Waals surface area contributed by atoms with Gasteiger partial charge in [0, 0.05) is 45.2 Å². The number of amides is 4. The minimum absolute atomic E-state index is 0.0305. The van der Waals surface area contributed by atoms with E-state index in [1.165, 1.54) is 6.92 Å². The van der Waals surface area contributed by atoms with Crippen molar-refractivity contribution in [3.05, 3.63) is 187 Å². The summed E-state index contributed by atoms with van der Waals surface area (Å²) in [6, 6.07) is 57.0. The van der Waals surface area contributed by atoms with Crippen LogP contribution in [0, 0.1) is 0 Å². The topological polar surface area (TPSA) is 131 Å². The van der Waals surface area contributed by atoms with Crippen LogP contribution in [-0.4, -0.2) is 72.8 Å². The highest BCUT2D eigenvalue weighted by Crippen LogP contribution is 2.28. The van der Waals surface area contributed by atoms with E-state index in [2.05, 4.69) is 11.1 Å². The van der Waals surface area contributed by atoms with Crippen LogP contribution in [0.15, 0.2) is 176 Å². The van der Waals surface area contributed by atoms with Crippen LogP contribution in [0.25, 0.3) is 21.5 Å². The highest BCUT2D eigenvalue weighted by atomic mass is 16.5. The summed E-state index contributed by atoms with van der Waals surface area (Å²) in [5, 5.41) is 7.23. The number of primary amides is 1. The lowest BCUT2D eigenvalue weighted by Crippen LogP contribution is -2.40. The monoisotopic (exact) mass is 860 g/mol. The van der Waals surface area contributed by atoms with Gasteiger partial charge in [-0.25, -0.2) is 0 Å². The van der Waals surface area contributed by atoms with Crippen LogP contribution in [-0.2, 0) is 19.2 Å². The second-order valence-electron chi connectivity index (χ2n) is 15.0. The molecule has 10 nitrogen and oxygen atoms in total. The fourth-order valence-electron chi connectivity index (χ4n) is 6.62. The summed E-state index contributed by atoms with van der Waals surface area (Å²) < 4.78 is 11.6. The molecule has 7 aromatic carbocycles. The van der Waals surface area contributed by atoms with Gasteiger partial charge < -0.3 is 30.3 Å². The second-order valence-corrected chi connectivity index (χ2v) is 15.0. The van der Waals surface area contributed by atoms with Crippen LogP contribution in [0.4, 0.5) is 5.69 Å². The van der Waals surface area contributed by atoms with Crippen molar-refractivity contribution in [2.75, 3.05) is 32.5 Å². The molecule has 0 aliphatic heterocycles. The molecule has 0 aliphatic carbocycles. The number of carbonyl (C=O) groups is 4. The third kappa shape index (κ3) is 15.2. The molecule has 7 rings (SSSR count). The normalized spacial score (nSPS) is 11.2. The highest BCUT2D eigenvalue weighted by molar-refractivity contribution is 5.94. The number of hydrogen-bond donors (Lipinski definition) is 2. The SMILES string of the molecule is CC(N)=O.CC(Oc1ccc2ccccc2c1)C(=O)Nc1ccccc1.CCN(CC)C(=O)C(C)Oc1cccc2ccccc12.CN(C)C(=O)C(c1ccccc1)c1ccccc1. The van der Waals surface area contributed by atoms with Crippen molar-refractivity contribution in [1.82, 2.24) is 9.80 Å². The van der Waals surface area contributed by atoms with Crippen LogP contribution in [0.5, 0.6) is 11.5 Å². The lowest BCUT2D eigenvalue weighted by Gasteiger charge is -2.23. The number of likely N-dealkylation sites (N-methyl/N-ethyl adjacent to an activating group) is 2. The maximum absolute atomic E-state index is 12.4. The molecule has 4 amide bonds. The van der Waals surface area contributed by atoms with Gasteiger partial charge in [-0.1, -0.05) is 146 Å². The average molecular weight is 861 g/mol. The van der Waals surface area contributed by atoms with E-state index in [4.69, 9.17) is 9.47 Å². The maximum atomic E-state index is 12.4. The number of nitrogens with one attached hydrogen (secondary N) is 1. The predicted octanol–water partition coefficient (Wildman–Crippen LogP) is 10.1. The Morgan fingerprint density at radius 3 is 1.59 bits per heavy atom. The molecule has 0 aromatic heterocycles. The van der Waals surface area contributed by atoms with E-state index in [0.29, 0.717) is 18.8 Å². The van der Waals surface area contributed by atoms with Crippen molar-refractivity contribution in [1.29, 1.82) is 0 Å². The molecule has 10 heteroatoms. The first kappa shape index (κ1) is 49.2. The fourth-order valence-corrected chi connectivity index (χ4v) is 6.62. The van der Waals surface area contributed by atoms with Crippen LogP contribution in [0.1, 0.15) is 51.7 Å². The Labute approximate surface area is 377 Å². The van der Waals surface area contributed by atoms with E-state index in [9.17, 15) is 19.2 Å². The third-order valence-corrected chi connectivity index (χ3v) is 9.87. The number of anilines is 1. The second kappa shape index (κ2) is 25.5. The van der Waals surface area contributed by atoms with E-state index < -0.39 is 12.2 Å². The molecule has 2 unspecified atom stereocenters. The lowest BCUT2D eigenvalue weighted by atomic mass is 9.90. The number of nitrogens with two attached hydrogens (primary N) is 1. The first-order valence-electron chi connectivity index (χ1n) is 21.3. The molecule has 0 saturated heterocycles. The largest absolute Gasteiger partial charge is 0.481 e. The summed E-state index contributed by atoms with van der Waals surface area (Å²) in [5.41, 5.74) is 7.30. The summed E-state index contributed by atoms with van der Waals surface area (Å²) in [7, 11) is 3.59. The number of hydrogen-bond acceptors (Lipinski definition) is 6. The Bertz CT molecular complexity index is 2480. The van der Waals surface area contributed by atoms with Crippen molar-refractivity contribution < 1.29 is 28.7 Å². The molecule has 0 radical (unpaired) electrons. The van der Waals surface area contributed by atoms with Crippen LogP contribution >= 0.6 is 0 Å². The number of carbonyl (C=O) groups excluding carboxylic acids is 4. The van der Waals surface area contributed by atoms with Crippen molar-refractivity contribution >= 4 is 50.9 Å². The zero-order valence-corrected chi connectivity index (χ0v) is 37.8. The van der Waals surface area contributed by atoms with Crippen molar-refractivity contribution in [3.8, 4) is 11.5 Å². The summed E-state index contributed by atoms with van der Waals surface area (Å²) in [6.07, 6.45) is -1.04.